The topological polar surface area (TPSA) is 81.0 Å². The molecule has 37 heavy (non-hydrogen) atoms. The van der Waals surface area contributed by atoms with Gasteiger partial charge < -0.3 is 14.6 Å². The lowest BCUT2D eigenvalue weighted by atomic mass is 9.84. The molecule has 0 radical (unpaired) electrons. The van der Waals surface area contributed by atoms with E-state index in [4.69, 9.17) is 9.47 Å². The smallest absolute Gasteiger partial charge is 0.209 e. The molecule has 0 saturated heterocycles. The van der Waals surface area contributed by atoms with Crippen molar-refractivity contribution in [3.8, 4) is 28.5 Å². The molecule has 0 amide bonds. The molecule has 0 aliphatic carbocycles. The van der Waals surface area contributed by atoms with Crippen LogP contribution in [-0.4, -0.2) is 36.3 Å². The van der Waals surface area contributed by atoms with Crippen LogP contribution in [-0.2, 0) is 5.41 Å². The van der Waals surface area contributed by atoms with Gasteiger partial charge in [-0.1, -0.05) is 32.9 Å². The molecule has 4 rings (SSSR count). The number of benzene rings is 2. The molecule has 6 nitrogen and oxygen atoms in total. The maximum atomic E-state index is 12.4. The first-order valence-electron chi connectivity index (χ1n) is 11.5. The van der Waals surface area contributed by atoms with Gasteiger partial charge in [0.05, 0.1) is 24.8 Å². The van der Waals surface area contributed by atoms with E-state index < -0.39 is 0 Å². The number of thiophene rings is 1. The van der Waals surface area contributed by atoms with Gasteiger partial charge in [-0.3, -0.25) is 4.79 Å². The lowest BCUT2D eigenvalue weighted by molar-refractivity contribution is 0.105. The van der Waals surface area contributed by atoms with Crippen molar-refractivity contribution in [2.75, 3.05) is 14.2 Å². The average molecular weight is 533 g/mol. The Kier molecular flexibility index (Phi) is 7.90. The van der Waals surface area contributed by atoms with Crippen LogP contribution in [0.3, 0.4) is 0 Å². The number of hydrogen-bond donors (Lipinski definition) is 1. The highest BCUT2D eigenvalue weighted by Gasteiger charge is 2.21. The fourth-order valence-corrected chi connectivity index (χ4v) is 5.01. The van der Waals surface area contributed by atoms with Gasteiger partial charge in [0.2, 0.25) is 5.13 Å². The number of aromatic nitrogens is 1. The van der Waals surface area contributed by atoms with Crippen molar-refractivity contribution in [2.24, 2.45) is 4.99 Å². The minimum absolute atomic E-state index is 0.0546. The van der Waals surface area contributed by atoms with E-state index in [1.807, 2.05) is 67.9 Å². The molecule has 2 aromatic carbocycles. The van der Waals surface area contributed by atoms with Gasteiger partial charge in [-0.2, -0.15) is 0 Å². The van der Waals surface area contributed by atoms with Gasteiger partial charge in [0.15, 0.2) is 17.3 Å². The lowest BCUT2D eigenvalue weighted by Crippen LogP contribution is -2.12. The zero-order valence-corrected chi connectivity index (χ0v) is 22.9. The van der Waals surface area contributed by atoms with E-state index in [0.717, 1.165) is 22.4 Å². The second-order valence-corrected chi connectivity index (χ2v) is 11.1. The van der Waals surface area contributed by atoms with Gasteiger partial charge in [-0.25, -0.2) is 9.98 Å². The second kappa shape index (κ2) is 11.1. The molecule has 0 fully saturated rings. The van der Waals surface area contributed by atoms with E-state index in [1.54, 1.807) is 38.7 Å². The highest BCUT2D eigenvalue weighted by Crippen LogP contribution is 2.36. The summed E-state index contributed by atoms with van der Waals surface area (Å²) >= 11 is 2.81. The minimum Gasteiger partial charge on any atom is -0.507 e. The Bertz CT molecular complexity index is 1460. The molecule has 0 bridgehead atoms. The monoisotopic (exact) mass is 532 g/mol. The zero-order valence-electron chi connectivity index (χ0n) is 21.3. The zero-order chi connectivity index (χ0) is 26.6. The normalized spacial score (nSPS) is 11.9. The van der Waals surface area contributed by atoms with Gasteiger partial charge in [0.1, 0.15) is 5.75 Å². The number of phenols is 1. The largest absolute Gasteiger partial charge is 0.507 e. The molecular formula is C29H28N2O4S2. The Morgan fingerprint density at radius 3 is 2.51 bits per heavy atom. The Balaban J connectivity index is 1.63. The maximum absolute atomic E-state index is 12.4. The first kappa shape index (κ1) is 26.3. The first-order valence-corrected chi connectivity index (χ1v) is 13.3. The summed E-state index contributed by atoms with van der Waals surface area (Å²) in [4.78, 5) is 22.3. The number of phenolic OH excluding ortho intramolecular Hbond substituents is 1. The van der Waals surface area contributed by atoms with E-state index in [2.05, 4.69) is 9.98 Å². The number of ether oxygens (including phenoxy) is 2. The summed E-state index contributed by atoms with van der Waals surface area (Å²) in [5.41, 5.74) is 3.47. The van der Waals surface area contributed by atoms with E-state index in [1.165, 1.54) is 22.7 Å². The summed E-state index contributed by atoms with van der Waals surface area (Å²) < 4.78 is 10.7. The molecule has 0 unspecified atom stereocenters. The van der Waals surface area contributed by atoms with E-state index in [9.17, 15) is 9.90 Å². The van der Waals surface area contributed by atoms with Crippen LogP contribution in [0.1, 0.15) is 47.1 Å². The Morgan fingerprint density at radius 2 is 1.84 bits per heavy atom. The van der Waals surface area contributed by atoms with Crippen molar-refractivity contribution in [1.29, 1.82) is 0 Å². The van der Waals surface area contributed by atoms with Gasteiger partial charge in [0.25, 0.3) is 0 Å². The third-order valence-electron chi connectivity index (χ3n) is 5.65. The number of nitrogens with zero attached hydrogens (tertiary/aromatic N) is 2. The molecule has 2 heterocycles. The molecule has 2 aromatic heterocycles. The number of ketones is 1. The molecule has 0 spiro atoms. The SMILES string of the molecule is COc1ccc(-c2csc(N=Cc3cc(/C=C/C(=O)c4cccs4)cc(C(C)(C)C)c3O)n2)cc1OC. The van der Waals surface area contributed by atoms with E-state index in [0.29, 0.717) is 27.1 Å². The molecule has 0 atom stereocenters. The minimum atomic E-state index is -0.309. The fourth-order valence-electron chi connectivity index (χ4n) is 3.70. The van der Waals surface area contributed by atoms with Gasteiger partial charge in [-0.15, -0.1) is 22.7 Å². The summed E-state index contributed by atoms with van der Waals surface area (Å²) in [7, 11) is 3.19. The van der Waals surface area contributed by atoms with Crippen LogP contribution in [0, 0.1) is 0 Å². The maximum Gasteiger partial charge on any atom is 0.209 e. The van der Waals surface area contributed by atoms with Crippen molar-refractivity contribution < 1.29 is 19.4 Å². The van der Waals surface area contributed by atoms with Crippen LogP contribution >= 0.6 is 22.7 Å². The third kappa shape index (κ3) is 6.15. The second-order valence-electron chi connectivity index (χ2n) is 9.27. The van der Waals surface area contributed by atoms with E-state index >= 15 is 0 Å². The molecule has 1 N–H and O–H groups in total. The Morgan fingerprint density at radius 1 is 1.05 bits per heavy atom. The molecular weight excluding hydrogens is 504 g/mol. The predicted molar refractivity (Wildman–Crippen MR) is 152 cm³/mol. The van der Waals surface area contributed by atoms with Crippen molar-refractivity contribution in [3.63, 3.8) is 0 Å². The highest BCUT2D eigenvalue weighted by molar-refractivity contribution is 7.13. The van der Waals surface area contributed by atoms with Crippen LogP contribution in [0.2, 0.25) is 0 Å². The number of aromatic hydroxyl groups is 1. The first-order chi connectivity index (χ1) is 17.7. The molecule has 4 aromatic rings. The quantitative estimate of drug-likeness (QED) is 0.144. The Hall–Kier alpha value is -3.75. The van der Waals surface area contributed by atoms with Crippen molar-refractivity contribution in [2.45, 2.75) is 26.2 Å². The van der Waals surface area contributed by atoms with Gasteiger partial charge in [0, 0.05) is 28.3 Å². The fraction of sp³-hybridized carbons (Fsp3) is 0.207. The number of methoxy groups -OCH3 is 2. The van der Waals surface area contributed by atoms with E-state index in [-0.39, 0.29) is 16.9 Å². The van der Waals surface area contributed by atoms with Crippen molar-refractivity contribution in [3.05, 3.63) is 80.9 Å². The summed E-state index contributed by atoms with van der Waals surface area (Å²) in [5.74, 6) is 1.38. The van der Waals surface area contributed by atoms with Crippen LogP contribution in [0.5, 0.6) is 17.2 Å². The third-order valence-corrected chi connectivity index (χ3v) is 7.28. The number of carbonyl (C=O) groups excluding carboxylic acids is 1. The van der Waals surface area contributed by atoms with Crippen LogP contribution in [0.4, 0.5) is 5.13 Å². The summed E-state index contributed by atoms with van der Waals surface area (Å²) in [6.45, 7) is 6.09. The van der Waals surface area contributed by atoms with Crippen molar-refractivity contribution in [1.82, 2.24) is 4.98 Å². The Labute approximate surface area is 224 Å². The summed E-state index contributed by atoms with van der Waals surface area (Å²) in [6, 6.07) is 13.0. The van der Waals surface area contributed by atoms with Crippen molar-refractivity contribution >= 4 is 45.9 Å². The average Bonchev–Trinajstić information content (AvgIpc) is 3.58. The number of aliphatic imine (C=N–C) groups is 1. The molecule has 0 aliphatic rings. The lowest BCUT2D eigenvalue weighted by Gasteiger charge is -2.22. The standard InChI is InChI=1S/C29H28N2O4S2/c1-29(2,3)21-14-18(8-10-23(32)26-7-6-12-36-26)13-20(27(21)33)16-30-28-31-22(17-37-28)19-9-11-24(34-4)25(15-19)35-5/h6-17,33H,1-5H3/b10-8+,30-16?. The van der Waals surface area contributed by atoms with Gasteiger partial charge >= 0.3 is 0 Å². The number of rotatable bonds is 8. The number of thiazole rings is 1. The number of allylic oxidation sites excluding steroid dienone is 1. The van der Waals surface area contributed by atoms with Crippen LogP contribution < -0.4 is 9.47 Å². The number of carbonyl (C=O) groups is 1. The van der Waals surface area contributed by atoms with Crippen LogP contribution in [0.15, 0.2) is 64.3 Å². The van der Waals surface area contributed by atoms with Gasteiger partial charge in [-0.05, 0) is 58.8 Å². The molecule has 0 aliphatic heterocycles. The molecule has 190 valence electrons. The van der Waals surface area contributed by atoms with Crippen LogP contribution in [0.25, 0.3) is 17.3 Å². The summed E-state index contributed by atoms with van der Waals surface area (Å²) in [5, 5.41) is 15.4. The molecule has 0 saturated carbocycles. The molecule has 8 heteroatoms. The number of hydrogen-bond acceptors (Lipinski definition) is 8. The highest BCUT2D eigenvalue weighted by atomic mass is 32.1. The summed E-state index contributed by atoms with van der Waals surface area (Å²) in [6.07, 6.45) is 4.94. The predicted octanol–water partition coefficient (Wildman–Crippen LogP) is 7.54.